The lowest BCUT2D eigenvalue weighted by molar-refractivity contribution is 0.188. The Morgan fingerprint density at radius 2 is 1.97 bits per heavy atom. The minimum Gasteiger partial charge on any atom is -0.355 e. The van der Waals surface area contributed by atoms with Crippen LogP contribution in [0.4, 0.5) is 0 Å². The minimum atomic E-state index is 0.584. The number of thiophene rings is 1. The summed E-state index contributed by atoms with van der Waals surface area (Å²) in [5.41, 5.74) is 2.81. The number of nitrogens with one attached hydrogen (secondary N) is 1. The Bertz CT molecular complexity index is 779. The van der Waals surface area contributed by atoms with Crippen LogP contribution in [0.3, 0.4) is 0 Å². The predicted molar refractivity (Wildman–Crippen MR) is 121 cm³/mol. The van der Waals surface area contributed by atoms with Crippen molar-refractivity contribution < 1.29 is 4.52 Å². The molecule has 2 aromatic rings. The molecule has 0 spiro atoms. The molecule has 1 aliphatic heterocycles. The summed E-state index contributed by atoms with van der Waals surface area (Å²) in [6, 6.07) is 2.84. The SMILES string of the molecule is CCC1CCC(NCC2(CCN3CCC(c4noc5ccsc45)CC3)CC2)CC1. The molecule has 4 nitrogen and oxygen atoms in total. The number of likely N-dealkylation sites (tertiary alicyclic amines) is 1. The average molecular weight is 416 g/mol. The molecule has 29 heavy (non-hydrogen) atoms. The molecular formula is C24H37N3OS. The normalized spacial score (nSPS) is 28.2. The van der Waals surface area contributed by atoms with Crippen molar-refractivity contribution in [3.63, 3.8) is 0 Å². The van der Waals surface area contributed by atoms with Crippen LogP contribution in [0.2, 0.25) is 0 Å². The number of aromatic nitrogens is 1. The van der Waals surface area contributed by atoms with Gasteiger partial charge in [0.1, 0.15) is 5.69 Å². The van der Waals surface area contributed by atoms with Crippen molar-refractivity contribution in [1.82, 2.24) is 15.4 Å². The lowest BCUT2D eigenvalue weighted by atomic mass is 9.84. The van der Waals surface area contributed by atoms with Gasteiger partial charge in [-0.05, 0) is 100 Å². The van der Waals surface area contributed by atoms with Gasteiger partial charge in [0, 0.05) is 18.5 Å². The van der Waals surface area contributed by atoms with Gasteiger partial charge in [-0.3, -0.25) is 0 Å². The van der Waals surface area contributed by atoms with Gasteiger partial charge in [0.05, 0.1) is 4.70 Å². The summed E-state index contributed by atoms with van der Waals surface area (Å²) in [7, 11) is 0. The topological polar surface area (TPSA) is 41.3 Å². The van der Waals surface area contributed by atoms with E-state index in [0.29, 0.717) is 11.3 Å². The summed E-state index contributed by atoms with van der Waals surface area (Å²) in [5.74, 6) is 1.58. The molecule has 0 amide bonds. The van der Waals surface area contributed by atoms with Crippen molar-refractivity contribution >= 4 is 21.6 Å². The summed E-state index contributed by atoms with van der Waals surface area (Å²) >= 11 is 1.78. The van der Waals surface area contributed by atoms with E-state index >= 15 is 0 Å². The fraction of sp³-hybridized carbons (Fsp3) is 0.792. The Morgan fingerprint density at radius 1 is 1.17 bits per heavy atom. The molecule has 160 valence electrons. The molecule has 0 unspecified atom stereocenters. The second kappa shape index (κ2) is 8.68. The first kappa shape index (κ1) is 20.0. The van der Waals surface area contributed by atoms with E-state index in [0.717, 1.165) is 17.5 Å². The van der Waals surface area contributed by atoms with Crippen molar-refractivity contribution in [1.29, 1.82) is 0 Å². The summed E-state index contributed by atoms with van der Waals surface area (Å²) in [6.45, 7) is 7.34. The molecule has 5 rings (SSSR count). The molecule has 1 N–H and O–H groups in total. The van der Waals surface area contributed by atoms with Gasteiger partial charge in [-0.25, -0.2) is 0 Å². The van der Waals surface area contributed by atoms with Crippen molar-refractivity contribution in [2.24, 2.45) is 11.3 Å². The van der Waals surface area contributed by atoms with E-state index < -0.39 is 0 Å². The van der Waals surface area contributed by atoms with E-state index in [-0.39, 0.29) is 0 Å². The molecule has 3 fully saturated rings. The standard InChI is InChI=1S/C24H37N3OS/c1-2-18-3-5-20(6-4-18)25-17-24(10-11-24)12-15-27-13-7-19(8-14-27)22-23-21(28-26-22)9-16-29-23/h9,16,18-20,25H,2-8,10-15,17H2,1H3. The van der Waals surface area contributed by atoms with Crippen LogP contribution in [-0.2, 0) is 0 Å². The first-order valence-electron chi connectivity index (χ1n) is 12.0. The van der Waals surface area contributed by atoms with Crippen LogP contribution in [0.5, 0.6) is 0 Å². The molecule has 2 saturated carbocycles. The van der Waals surface area contributed by atoms with Crippen LogP contribution in [-0.4, -0.2) is 42.3 Å². The summed E-state index contributed by atoms with van der Waals surface area (Å²) in [6.07, 6.45) is 13.8. The zero-order valence-electron chi connectivity index (χ0n) is 18.0. The molecule has 2 aromatic heterocycles. The molecule has 2 aliphatic carbocycles. The van der Waals surface area contributed by atoms with E-state index in [9.17, 15) is 0 Å². The summed E-state index contributed by atoms with van der Waals surface area (Å²) in [4.78, 5) is 2.70. The highest BCUT2D eigenvalue weighted by Gasteiger charge is 2.42. The number of hydrogen-bond acceptors (Lipinski definition) is 5. The highest BCUT2D eigenvalue weighted by atomic mass is 32.1. The molecule has 0 aromatic carbocycles. The van der Waals surface area contributed by atoms with Crippen molar-refractivity contribution in [2.45, 2.75) is 83.1 Å². The zero-order valence-corrected chi connectivity index (χ0v) is 18.8. The Hall–Kier alpha value is -0.910. The monoisotopic (exact) mass is 415 g/mol. The smallest absolute Gasteiger partial charge is 0.177 e. The lowest BCUT2D eigenvalue weighted by Gasteiger charge is -2.33. The van der Waals surface area contributed by atoms with Gasteiger partial charge < -0.3 is 14.7 Å². The zero-order chi connectivity index (χ0) is 19.7. The highest BCUT2D eigenvalue weighted by Crippen LogP contribution is 2.49. The third kappa shape index (κ3) is 4.57. The molecule has 0 atom stereocenters. The molecule has 3 heterocycles. The number of nitrogens with zero attached hydrogens (tertiary/aromatic N) is 2. The molecular weight excluding hydrogens is 378 g/mol. The molecule has 0 radical (unpaired) electrons. The number of hydrogen-bond donors (Lipinski definition) is 1. The lowest BCUT2D eigenvalue weighted by Crippen LogP contribution is -2.39. The Balaban J connectivity index is 1.04. The van der Waals surface area contributed by atoms with Gasteiger partial charge in [-0.2, -0.15) is 0 Å². The van der Waals surface area contributed by atoms with Gasteiger partial charge >= 0.3 is 0 Å². The largest absolute Gasteiger partial charge is 0.355 e. The van der Waals surface area contributed by atoms with Crippen molar-refractivity contribution in [3.8, 4) is 0 Å². The van der Waals surface area contributed by atoms with Gasteiger partial charge in [0.25, 0.3) is 0 Å². The Labute approximate surface area is 179 Å². The van der Waals surface area contributed by atoms with Crippen LogP contribution in [0.25, 0.3) is 10.3 Å². The van der Waals surface area contributed by atoms with Crippen LogP contribution >= 0.6 is 11.3 Å². The van der Waals surface area contributed by atoms with E-state index in [4.69, 9.17) is 4.52 Å². The van der Waals surface area contributed by atoms with Crippen molar-refractivity contribution in [3.05, 3.63) is 17.1 Å². The first-order valence-corrected chi connectivity index (χ1v) is 12.9. The second-order valence-electron chi connectivity index (χ2n) is 10.1. The maximum atomic E-state index is 5.50. The fourth-order valence-electron chi connectivity index (χ4n) is 5.61. The fourth-order valence-corrected chi connectivity index (χ4v) is 6.48. The molecule has 3 aliphatic rings. The van der Waals surface area contributed by atoms with Crippen molar-refractivity contribution in [2.75, 3.05) is 26.2 Å². The van der Waals surface area contributed by atoms with Gasteiger partial charge in [-0.15, -0.1) is 11.3 Å². The maximum Gasteiger partial charge on any atom is 0.177 e. The summed E-state index contributed by atoms with van der Waals surface area (Å²) < 4.78 is 6.78. The third-order valence-electron chi connectivity index (χ3n) is 8.18. The quantitative estimate of drug-likeness (QED) is 0.592. The number of fused-ring (bicyclic) bond motifs is 1. The van der Waals surface area contributed by atoms with E-state index in [2.05, 4.69) is 27.7 Å². The Morgan fingerprint density at radius 3 is 2.69 bits per heavy atom. The highest BCUT2D eigenvalue weighted by molar-refractivity contribution is 7.17. The van der Waals surface area contributed by atoms with E-state index in [1.807, 2.05) is 6.07 Å². The van der Waals surface area contributed by atoms with Crippen LogP contribution in [0, 0.1) is 11.3 Å². The Kier molecular flexibility index (Phi) is 5.99. The maximum absolute atomic E-state index is 5.50. The molecule has 5 heteroatoms. The van der Waals surface area contributed by atoms with E-state index in [1.54, 1.807) is 11.3 Å². The second-order valence-corrected chi connectivity index (χ2v) is 11.0. The van der Waals surface area contributed by atoms with Crippen LogP contribution < -0.4 is 5.32 Å². The molecule has 1 saturated heterocycles. The van der Waals surface area contributed by atoms with E-state index in [1.165, 1.54) is 101 Å². The van der Waals surface area contributed by atoms with Gasteiger partial charge in [-0.1, -0.05) is 18.5 Å². The average Bonchev–Trinajstić information content (AvgIpc) is 3.19. The van der Waals surface area contributed by atoms with Gasteiger partial charge in [0.15, 0.2) is 5.58 Å². The number of piperidine rings is 1. The third-order valence-corrected chi connectivity index (χ3v) is 9.10. The predicted octanol–water partition coefficient (Wildman–Crippen LogP) is 5.80. The van der Waals surface area contributed by atoms with Crippen LogP contribution in [0.1, 0.15) is 82.7 Å². The minimum absolute atomic E-state index is 0.584. The van der Waals surface area contributed by atoms with Crippen LogP contribution in [0.15, 0.2) is 16.0 Å². The first-order chi connectivity index (χ1) is 14.2. The molecule has 0 bridgehead atoms. The number of rotatable bonds is 8. The summed E-state index contributed by atoms with van der Waals surface area (Å²) in [5, 5.41) is 10.5. The van der Waals surface area contributed by atoms with Gasteiger partial charge in [0.2, 0.25) is 0 Å².